The molecule has 0 radical (unpaired) electrons. The molecule has 0 aromatic carbocycles. The minimum atomic E-state index is 0.821. The molecular weight excluding hydrogens is 148 g/mol. The fourth-order valence-corrected chi connectivity index (χ4v) is 1.97. The van der Waals surface area contributed by atoms with Crippen molar-refractivity contribution in [1.82, 2.24) is 9.80 Å². The van der Waals surface area contributed by atoms with Crippen molar-refractivity contribution in [3.05, 3.63) is 0 Å². The normalized spacial score (nSPS) is 27.5. The van der Waals surface area contributed by atoms with E-state index in [0.29, 0.717) is 0 Å². The number of hydrogen-bond acceptors (Lipinski definition) is 2. The molecule has 0 spiro atoms. The van der Waals surface area contributed by atoms with Crippen molar-refractivity contribution in [3.8, 4) is 0 Å². The monoisotopic (exact) mass is 170 g/mol. The van der Waals surface area contributed by atoms with Crippen LogP contribution in [0.1, 0.15) is 26.2 Å². The molecule has 1 saturated heterocycles. The van der Waals surface area contributed by atoms with E-state index in [9.17, 15) is 0 Å². The molecule has 0 aromatic heterocycles. The lowest BCUT2D eigenvalue weighted by molar-refractivity contribution is 0.254. The first kappa shape index (κ1) is 10.0. The van der Waals surface area contributed by atoms with Gasteiger partial charge in [-0.1, -0.05) is 6.92 Å². The van der Waals surface area contributed by atoms with Gasteiger partial charge in [-0.25, -0.2) is 0 Å². The van der Waals surface area contributed by atoms with E-state index in [1.807, 2.05) is 0 Å². The third-order valence-electron chi connectivity index (χ3n) is 2.97. The Hall–Kier alpha value is -0.0800. The van der Waals surface area contributed by atoms with Crippen molar-refractivity contribution in [2.24, 2.45) is 0 Å². The highest BCUT2D eigenvalue weighted by Gasteiger charge is 2.16. The molecule has 1 heterocycles. The average molecular weight is 170 g/mol. The van der Waals surface area contributed by atoms with Crippen molar-refractivity contribution in [2.75, 3.05) is 33.7 Å². The van der Waals surface area contributed by atoms with Gasteiger partial charge in [-0.05, 0) is 53.0 Å². The largest absolute Gasteiger partial charge is 0.306 e. The van der Waals surface area contributed by atoms with Gasteiger partial charge in [-0.2, -0.15) is 0 Å². The Morgan fingerprint density at radius 2 is 2.00 bits per heavy atom. The summed E-state index contributed by atoms with van der Waals surface area (Å²) in [4.78, 5) is 4.93. The summed E-state index contributed by atoms with van der Waals surface area (Å²) >= 11 is 0. The molecule has 0 bridgehead atoms. The van der Waals surface area contributed by atoms with E-state index in [0.717, 1.165) is 6.04 Å². The van der Waals surface area contributed by atoms with Crippen molar-refractivity contribution >= 4 is 0 Å². The molecule has 0 amide bonds. The Bertz CT molecular complexity index is 123. The highest BCUT2D eigenvalue weighted by Crippen LogP contribution is 2.13. The van der Waals surface area contributed by atoms with Crippen LogP contribution in [-0.2, 0) is 0 Å². The molecule has 72 valence electrons. The number of hydrogen-bond donors (Lipinski definition) is 0. The summed E-state index contributed by atoms with van der Waals surface area (Å²) in [6, 6.07) is 0.821. The van der Waals surface area contributed by atoms with Crippen LogP contribution in [-0.4, -0.2) is 49.6 Å². The van der Waals surface area contributed by atoms with Crippen LogP contribution in [0.2, 0.25) is 0 Å². The lowest BCUT2D eigenvalue weighted by atomic mass is 10.1. The first-order valence-electron chi connectivity index (χ1n) is 5.12. The maximum atomic E-state index is 2.56. The summed E-state index contributed by atoms with van der Waals surface area (Å²) in [7, 11) is 4.40. The summed E-state index contributed by atoms with van der Waals surface area (Å²) < 4.78 is 0. The van der Waals surface area contributed by atoms with Crippen molar-refractivity contribution < 1.29 is 0 Å². The smallest absolute Gasteiger partial charge is 0.0102 e. The van der Waals surface area contributed by atoms with E-state index >= 15 is 0 Å². The quantitative estimate of drug-likeness (QED) is 0.618. The summed E-state index contributed by atoms with van der Waals surface area (Å²) in [5, 5.41) is 0. The van der Waals surface area contributed by atoms with Gasteiger partial charge >= 0.3 is 0 Å². The van der Waals surface area contributed by atoms with Crippen LogP contribution in [0.15, 0.2) is 0 Å². The van der Waals surface area contributed by atoms with Gasteiger partial charge in [0, 0.05) is 6.04 Å². The number of nitrogens with zero attached hydrogens (tertiary/aromatic N) is 2. The molecule has 1 aliphatic heterocycles. The van der Waals surface area contributed by atoms with E-state index in [1.54, 1.807) is 0 Å². The molecule has 1 unspecified atom stereocenters. The third-order valence-corrected chi connectivity index (χ3v) is 2.97. The molecule has 1 atom stereocenters. The topological polar surface area (TPSA) is 6.48 Å². The summed E-state index contributed by atoms with van der Waals surface area (Å²) in [5.74, 6) is 0. The van der Waals surface area contributed by atoms with Gasteiger partial charge in [0.25, 0.3) is 0 Å². The highest BCUT2D eigenvalue weighted by atomic mass is 15.1. The van der Waals surface area contributed by atoms with Gasteiger partial charge < -0.3 is 9.80 Å². The lowest BCUT2D eigenvalue weighted by Crippen LogP contribution is -2.29. The molecule has 0 aliphatic carbocycles. The molecule has 2 heteroatoms. The fourth-order valence-electron chi connectivity index (χ4n) is 1.97. The molecule has 0 saturated carbocycles. The Labute approximate surface area is 76.5 Å². The number of rotatable bonds is 2. The van der Waals surface area contributed by atoms with E-state index in [2.05, 4.69) is 30.8 Å². The predicted molar refractivity (Wildman–Crippen MR) is 53.4 cm³/mol. The summed E-state index contributed by atoms with van der Waals surface area (Å²) in [5.41, 5.74) is 0. The Morgan fingerprint density at radius 3 is 2.58 bits per heavy atom. The molecular formula is C10H22N2. The van der Waals surface area contributed by atoms with Gasteiger partial charge in [0.1, 0.15) is 0 Å². The van der Waals surface area contributed by atoms with Crippen LogP contribution in [0.25, 0.3) is 0 Å². The maximum Gasteiger partial charge on any atom is 0.0102 e. The van der Waals surface area contributed by atoms with E-state index in [-0.39, 0.29) is 0 Å². The van der Waals surface area contributed by atoms with Gasteiger partial charge in [0.15, 0.2) is 0 Å². The molecule has 12 heavy (non-hydrogen) atoms. The highest BCUT2D eigenvalue weighted by molar-refractivity contribution is 4.73. The van der Waals surface area contributed by atoms with Crippen LogP contribution in [0.4, 0.5) is 0 Å². The van der Waals surface area contributed by atoms with Gasteiger partial charge in [0.05, 0.1) is 0 Å². The average Bonchev–Trinajstić information content (AvgIpc) is 2.28. The van der Waals surface area contributed by atoms with Crippen LogP contribution >= 0.6 is 0 Å². The standard InChI is InChI=1S/C10H22N2/c1-4-12-8-5-6-10(7-9-12)11(2)3/h10H,4-9H2,1-3H3. The molecule has 0 aromatic rings. The van der Waals surface area contributed by atoms with Crippen molar-refractivity contribution in [1.29, 1.82) is 0 Å². The zero-order valence-electron chi connectivity index (χ0n) is 8.71. The second kappa shape index (κ2) is 4.83. The maximum absolute atomic E-state index is 2.56. The zero-order chi connectivity index (χ0) is 8.97. The number of likely N-dealkylation sites (tertiary alicyclic amines) is 1. The van der Waals surface area contributed by atoms with E-state index < -0.39 is 0 Å². The Kier molecular flexibility index (Phi) is 4.02. The van der Waals surface area contributed by atoms with Crippen LogP contribution < -0.4 is 0 Å². The minimum absolute atomic E-state index is 0.821. The van der Waals surface area contributed by atoms with E-state index in [4.69, 9.17) is 0 Å². The molecule has 1 fully saturated rings. The van der Waals surface area contributed by atoms with Crippen molar-refractivity contribution in [3.63, 3.8) is 0 Å². The summed E-state index contributed by atoms with van der Waals surface area (Å²) in [6.45, 7) is 6.08. The van der Waals surface area contributed by atoms with Gasteiger partial charge in [0.2, 0.25) is 0 Å². The minimum Gasteiger partial charge on any atom is -0.306 e. The van der Waals surface area contributed by atoms with Crippen LogP contribution in [0, 0.1) is 0 Å². The molecule has 1 rings (SSSR count). The predicted octanol–water partition coefficient (Wildman–Crippen LogP) is 1.42. The molecule has 0 N–H and O–H groups in total. The lowest BCUT2D eigenvalue weighted by Gasteiger charge is -2.22. The van der Waals surface area contributed by atoms with Gasteiger partial charge in [-0.3, -0.25) is 0 Å². The first-order valence-corrected chi connectivity index (χ1v) is 5.12. The Balaban J connectivity index is 2.34. The van der Waals surface area contributed by atoms with Crippen LogP contribution in [0.3, 0.4) is 0 Å². The SMILES string of the molecule is CCN1CCCC(N(C)C)CC1. The van der Waals surface area contributed by atoms with Crippen molar-refractivity contribution in [2.45, 2.75) is 32.2 Å². The second-order valence-electron chi connectivity index (χ2n) is 3.98. The third kappa shape index (κ3) is 2.76. The van der Waals surface area contributed by atoms with E-state index in [1.165, 1.54) is 38.9 Å². The molecule has 2 nitrogen and oxygen atoms in total. The van der Waals surface area contributed by atoms with Crippen LogP contribution in [0.5, 0.6) is 0 Å². The zero-order valence-corrected chi connectivity index (χ0v) is 8.71. The second-order valence-corrected chi connectivity index (χ2v) is 3.98. The first-order chi connectivity index (χ1) is 5.74. The van der Waals surface area contributed by atoms with Gasteiger partial charge in [-0.15, -0.1) is 0 Å². The molecule has 1 aliphatic rings. The fraction of sp³-hybridized carbons (Fsp3) is 1.00. The Morgan fingerprint density at radius 1 is 1.25 bits per heavy atom. The summed E-state index contributed by atoms with van der Waals surface area (Å²) in [6.07, 6.45) is 4.10.